The molecule has 0 unspecified atom stereocenters. The highest BCUT2D eigenvalue weighted by Gasteiger charge is 1.98. The molecule has 3 heteroatoms. The summed E-state index contributed by atoms with van der Waals surface area (Å²) in [5.74, 6) is -0.655. The molecular weight excluding hydrogens is 384 g/mol. The fraction of sp³-hybridized carbons (Fsp3) is 0.929. The van der Waals surface area contributed by atoms with Crippen LogP contribution in [0.25, 0.3) is 0 Å². The first-order valence-electron chi connectivity index (χ1n) is 13.9. The molecule has 0 saturated carbocycles. The second kappa shape index (κ2) is 27.2. The second-order valence-corrected chi connectivity index (χ2v) is 9.58. The second-order valence-electron chi connectivity index (χ2n) is 9.58. The molecule has 0 amide bonds. The zero-order valence-corrected chi connectivity index (χ0v) is 20.7. The third-order valence-corrected chi connectivity index (χ3v) is 6.46. The molecule has 0 fully saturated rings. The quantitative estimate of drug-likeness (QED) is 0.103. The summed E-state index contributed by atoms with van der Waals surface area (Å²) in [5, 5.41) is 8.60. The Hall–Kier alpha value is -0.860. The fourth-order valence-corrected chi connectivity index (χ4v) is 4.39. The molecule has 0 aliphatic rings. The number of aliphatic carboxylic acids is 1. The number of aldehydes is 1. The normalized spacial score (nSPS) is 11.1. The van der Waals surface area contributed by atoms with Crippen molar-refractivity contribution in [3.8, 4) is 0 Å². The van der Waals surface area contributed by atoms with Crippen molar-refractivity contribution in [1.29, 1.82) is 0 Å². The van der Waals surface area contributed by atoms with Gasteiger partial charge in [0.15, 0.2) is 0 Å². The van der Waals surface area contributed by atoms with E-state index in [2.05, 4.69) is 0 Å². The lowest BCUT2D eigenvalue weighted by Crippen LogP contribution is -1.93. The van der Waals surface area contributed by atoms with Crippen LogP contribution in [0.4, 0.5) is 0 Å². The van der Waals surface area contributed by atoms with Crippen molar-refractivity contribution >= 4 is 12.3 Å². The van der Waals surface area contributed by atoms with E-state index in [9.17, 15) is 9.59 Å². The van der Waals surface area contributed by atoms with Gasteiger partial charge in [0.1, 0.15) is 6.29 Å². The van der Waals surface area contributed by atoms with Crippen molar-refractivity contribution in [3.05, 3.63) is 0 Å². The van der Waals surface area contributed by atoms with Gasteiger partial charge in [0.05, 0.1) is 0 Å². The molecule has 0 aliphatic carbocycles. The van der Waals surface area contributed by atoms with Gasteiger partial charge >= 0.3 is 5.97 Å². The Labute approximate surface area is 194 Å². The molecule has 3 nitrogen and oxygen atoms in total. The third kappa shape index (κ3) is 29.1. The Morgan fingerprint density at radius 2 is 0.645 bits per heavy atom. The van der Waals surface area contributed by atoms with Crippen LogP contribution in [-0.2, 0) is 9.59 Å². The van der Waals surface area contributed by atoms with Crippen LogP contribution < -0.4 is 0 Å². The Morgan fingerprint density at radius 3 is 0.871 bits per heavy atom. The van der Waals surface area contributed by atoms with Crippen LogP contribution in [0.1, 0.15) is 167 Å². The Balaban J connectivity index is 3.00. The number of hydrogen-bond donors (Lipinski definition) is 1. The van der Waals surface area contributed by atoms with Crippen LogP contribution in [0.15, 0.2) is 0 Å². The first-order valence-corrected chi connectivity index (χ1v) is 13.9. The molecule has 0 aromatic carbocycles. The Bertz CT molecular complexity index is 367. The smallest absolute Gasteiger partial charge is 0.303 e. The molecule has 184 valence electrons. The monoisotopic (exact) mass is 438 g/mol. The molecule has 31 heavy (non-hydrogen) atoms. The summed E-state index contributed by atoms with van der Waals surface area (Å²) >= 11 is 0. The van der Waals surface area contributed by atoms with E-state index in [1.54, 1.807) is 0 Å². The van der Waals surface area contributed by atoms with Gasteiger partial charge in [-0.05, 0) is 12.8 Å². The van der Waals surface area contributed by atoms with Crippen molar-refractivity contribution in [1.82, 2.24) is 0 Å². The van der Waals surface area contributed by atoms with Crippen LogP contribution in [0.5, 0.6) is 0 Å². The molecule has 0 rings (SSSR count). The van der Waals surface area contributed by atoms with Crippen LogP contribution in [0, 0.1) is 0 Å². The van der Waals surface area contributed by atoms with Gasteiger partial charge in [0.25, 0.3) is 0 Å². The molecule has 0 spiro atoms. The number of carboxylic acid groups (broad SMARTS) is 1. The number of carbonyl (C=O) groups is 2. The first kappa shape index (κ1) is 30.1. The van der Waals surface area contributed by atoms with Gasteiger partial charge in [-0.15, -0.1) is 0 Å². The van der Waals surface area contributed by atoms with E-state index in [-0.39, 0.29) is 0 Å². The maximum atomic E-state index is 10.4. The van der Waals surface area contributed by atoms with Crippen LogP contribution in [-0.4, -0.2) is 17.4 Å². The minimum atomic E-state index is -0.655. The van der Waals surface area contributed by atoms with Gasteiger partial charge in [0.2, 0.25) is 0 Å². The summed E-state index contributed by atoms with van der Waals surface area (Å²) in [6, 6.07) is 0. The minimum Gasteiger partial charge on any atom is -0.481 e. The average molecular weight is 439 g/mol. The minimum absolute atomic E-state index is 0.340. The number of hydrogen-bond acceptors (Lipinski definition) is 2. The van der Waals surface area contributed by atoms with Crippen LogP contribution >= 0.6 is 0 Å². The summed E-state index contributed by atoms with van der Waals surface area (Å²) in [6.45, 7) is 0. The van der Waals surface area contributed by atoms with Gasteiger partial charge < -0.3 is 9.90 Å². The summed E-state index contributed by atoms with van der Waals surface area (Å²) in [4.78, 5) is 20.7. The van der Waals surface area contributed by atoms with Crippen LogP contribution in [0.2, 0.25) is 0 Å². The molecule has 0 atom stereocenters. The zero-order valence-electron chi connectivity index (χ0n) is 20.7. The lowest BCUT2D eigenvalue weighted by atomic mass is 10.0. The Morgan fingerprint density at radius 1 is 0.419 bits per heavy atom. The van der Waals surface area contributed by atoms with E-state index >= 15 is 0 Å². The van der Waals surface area contributed by atoms with Gasteiger partial charge in [0, 0.05) is 12.8 Å². The highest BCUT2D eigenvalue weighted by atomic mass is 16.4. The molecule has 0 aromatic rings. The van der Waals surface area contributed by atoms with Gasteiger partial charge in [-0.1, -0.05) is 141 Å². The maximum absolute atomic E-state index is 10.4. The van der Waals surface area contributed by atoms with Crippen molar-refractivity contribution < 1.29 is 14.7 Å². The van der Waals surface area contributed by atoms with Crippen molar-refractivity contribution in [2.24, 2.45) is 0 Å². The van der Waals surface area contributed by atoms with Crippen molar-refractivity contribution in [2.75, 3.05) is 0 Å². The molecule has 0 aromatic heterocycles. The summed E-state index contributed by atoms with van der Waals surface area (Å²) < 4.78 is 0. The molecule has 1 N–H and O–H groups in total. The summed E-state index contributed by atoms with van der Waals surface area (Å²) in [6.07, 6.45) is 34.1. The molecule has 0 saturated heterocycles. The summed E-state index contributed by atoms with van der Waals surface area (Å²) in [5.41, 5.74) is 0. The predicted molar refractivity (Wildman–Crippen MR) is 134 cm³/mol. The van der Waals surface area contributed by atoms with E-state index in [0.29, 0.717) is 6.42 Å². The van der Waals surface area contributed by atoms with Gasteiger partial charge in [-0.2, -0.15) is 0 Å². The van der Waals surface area contributed by atoms with Crippen LogP contribution in [0.3, 0.4) is 0 Å². The zero-order chi connectivity index (χ0) is 22.7. The average Bonchev–Trinajstić information content (AvgIpc) is 2.76. The first-order chi connectivity index (χ1) is 15.3. The number of rotatable bonds is 27. The topological polar surface area (TPSA) is 54.4 Å². The molecular formula is C28H54O3. The number of carbonyl (C=O) groups excluding carboxylic acids is 1. The number of unbranched alkanes of at least 4 members (excludes halogenated alkanes) is 24. The van der Waals surface area contributed by atoms with E-state index in [1.807, 2.05) is 0 Å². The Kier molecular flexibility index (Phi) is 26.4. The van der Waals surface area contributed by atoms with Crippen molar-refractivity contribution in [3.63, 3.8) is 0 Å². The molecule has 0 radical (unpaired) electrons. The van der Waals surface area contributed by atoms with E-state index in [1.165, 1.54) is 135 Å². The van der Waals surface area contributed by atoms with E-state index < -0.39 is 5.97 Å². The van der Waals surface area contributed by atoms with Crippen molar-refractivity contribution in [2.45, 2.75) is 167 Å². The molecule has 0 heterocycles. The fourth-order valence-electron chi connectivity index (χ4n) is 4.39. The SMILES string of the molecule is O=CCCCCCCCCCCCCCCCCCCCCCCCCCCC(=O)O. The third-order valence-electron chi connectivity index (χ3n) is 6.46. The van der Waals surface area contributed by atoms with E-state index in [4.69, 9.17) is 5.11 Å². The van der Waals surface area contributed by atoms with Gasteiger partial charge in [-0.25, -0.2) is 0 Å². The highest BCUT2D eigenvalue weighted by molar-refractivity contribution is 5.66. The van der Waals surface area contributed by atoms with E-state index in [0.717, 1.165) is 32.0 Å². The lowest BCUT2D eigenvalue weighted by molar-refractivity contribution is -0.137. The molecule has 0 aliphatic heterocycles. The number of carboxylic acids is 1. The largest absolute Gasteiger partial charge is 0.481 e. The molecule has 0 bridgehead atoms. The lowest BCUT2D eigenvalue weighted by Gasteiger charge is -2.04. The highest BCUT2D eigenvalue weighted by Crippen LogP contribution is 2.15. The maximum Gasteiger partial charge on any atom is 0.303 e. The summed E-state index contributed by atoms with van der Waals surface area (Å²) in [7, 11) is 0. The van der Waals surface area contributed by atoms with Gasteiger partial charge in [-0.3, -0.25) is 4.79 Å². The standard InChI is InChI=1S/C28H54O3/c29-27-25-23-21-19-17-15-13-11-9-7-5-3-1-2-4-6-8-10-12-14-16-18-20-22-24-26-28(30)31/h27H,1-26H2,(H,30,31). The predicted octanol–water partition coefficient (Wildman–Crippen LogP) is 9.41.